The first-order valence-corrected chi connectivity index (χ1v) is 14.1. The Kier molecular flexibility index (Phi) is 9.64. The summed E-state index contributed by atoms with van der Waals surface area (Å²) in [6.07, 6.45) is -0.00984. The van der Waals surface area contributed by atoms with Crippen LogP contribution in [0.25, 0.3) is 10.7 Å². The van der Waals surface area contributed by atoms with E-state index in [4.69, 9.17) is 42.1 Å². The van der Waals surface area contributed by atoms with Gasteiger partial charge in [-0.2, -0.15) is 5.26 Å². The van der Waals surface area contributed by atoms with E-state index in [1.165, 1.54) is 48.9 Å². The van der Waals surface area contributed by atoms with E-state index in [0.29, 0.717) is 15.6 Å². The number of carbonyl (C=O) groups excluding carboxylic acids is 3. The molecule has 210 valence electrons. The Morgan fingerprint density at radius 1 is 1.12 bits per heavy atom. The summed E-state index contributed by atoms with van der Waals surface area (Å²) in [7, 11) is 0. The van der Waals surface area contributed by atoms with Crippen molar-refractivity contribution in [2.75, 3.05) is 6.61 Å². The Morgan fingerprint density at radius 2 is 1.80 bits per heavy atom. The molecule has 0 amide bonds. The van der Waals surface area contributed by atoms with Crippen LogP contribution in [-0.2, 0) is 33.3 Å². The highest BCUT2D eigenvalue weighted by atomic mass is 35.5. The lowest BCUT2D eigenvalue weighted by Gasteiger charge is -2.44. The van der Waals surface area contributed by atoms with Crippen LogP contribution in [0.4, 0.5) is 0 Å². The number of hydrogen-bond donors (Lipinski definition) is 0. The maximum atomic E-state index is 12.3. The highest BCUT2D eigenvalue weighted by Gasteiger charge is 2.52. The molecule has 0 spiro atoms. The summed E-state index contributed by atoms with van der Waals surface area (Å²) in [5, 5.41) is 20.3. The average Bonchev–Trinajstić information content (AvgIpc) is 3.56. The number of aromatic nitrogens is 4. The summed E-state index contributed by atoms with van der Waals surface area (Å²) in [6.45, 7) is 3.39. The van der Waals surface area contributed by atoms with Gasteiger partial charge in [0, 0.05) is 37.2 Å². The van der Waals surface area contributed by atoms with Crippen LogP contribution in [0.1, 0.15) is 32.4 Å². The highest BCUT2D eigenvalue weighted by molar-refractivity contribution is 7.99. The van der Waals surface area contributed by atoms with Gasteiger partial charge >= 0.3 is 17.9 Å². The maximum absolute atomic E-state index is 12.3. The lowest BCUT2D eigenvalue weighted by atomic mass is 9.96. The summed E-state index contributed by atoms with van der Waals surface area (Å²) in [6, 6.07) is 4.01. The second-order valence-electron chi connectivity index (χ2n) is 8.40. The van der Waals surface area contributed by atoms with E-state index in [0.717, 1.165) is 11.8 Å². The number of nitrogens with zero attached hydrogens (tertiary/aromatic N) is 5. The van der Waals surface area contributed by atoms with Crippen molar-refractivity contribution in [2.24, 2.45) is 0 Å². The standard InChI is InChI=1S/C24H21Cl2N5O7S2/c1-11(32)35-10-19-21(36-12(2)33)20(31-9-18(29-30-31)23-28-4-5-39-23)22(37-13(3)34)24(38-19)40-14-6-16(25)15(8-27)17(26)7-14/h4-7,9,19-22,24H,10H2,1-3H3. The number of rotatable bonds is 8. The largest absolute Gasteiger partial charge is 0.463 e. The molecule has 12 nitrogen and oxygen atoms in total. The summed E-state index contributed by atoms with van der Waals surface area (Å²) in [4.78, 5) is 40.9. The van der Waals surface area contributed by atoms with Crippen LogP contribution in [0.5, 0.6) is 0 Å². The van der Waals surface area contributed by atoms with Crippen LogP contribution in [0.3, 0.4) is 0 Å². The third kappa shape index (κ3) is 6.91. The number of halogens is 2. The third-order valence-corrected chi connectivity index (χ3v) is 8.03. The van der Waals surface area contributed by atoms with Gasteiger partial charge in [-0.15, -0.1) is 16.4 Å². The Balaban J connectivity index is 1.80. The topological polar surface area (TPSA) is 156 Å². The van der Waals surface area contributed by atoms with Gasteiger partial charge in [-0.3, -0.25) is 14.4 Å². The van der Waals surface area contributed by atoms with Crippen molar-refractivity contribution < 1.29 is 33.3 Å². The highest BCUT2D eigenvalue weighted by Crippen LogP contribution is 2.43. The molecule has 16 heteroatoms. The van der Waals surface area contributed by atoms with Gasteiger partial charge in [-0.05, 0) is 12.1 Å². The molecule has 3 heterocycles. The van der Waals surface area contributed by atoms with Crippen LogP contribution < -0.4 is 0 Å². The van der Waals surface area contributed by atoms with Crippen molar-refractivity contribution in [1.82, 2.24) is 20.0 Å². The summed E-state index contributed by atoms with van der Waals surface area (Å²) >= 11 is 14.9. The van der Waals surface area contributed by atoms with Gasteiger partial charge in [0.05, 0.1) is 21.8 Å². The van der Waals surface area contributed by atoms with E-state index in [-0.39, 0.29) is 22.2 Å². The molecule has 5 atom stereocenters. The fourth-order valence-electron chi connectivity index (χ4n) is 4.01. The SMILES string of the molecule is CC(=O)OCC1OC(Sc2cc(Cl)c(C#N)c(Cl)c2)C(OC(C)=O)C(n2cc(-c3nccs3)nn2)C1OC(C)=O. The summed E-state index contributed by atoms with van der Waals surface area (Å²) in [5.74, 6) is -1.86. The number of carbonyl (C=O) groups is 3. The molecule has 3 aromatic rings. The zero-order valence-corrected chi connectivity index (χ0v) is 24.3. The molecule has 1 aromatic carbocycles. The van der Waals surface area contributed by atoms with Gasteiger partial charge < -0.3 is 18.9 Å². The van der Waals surface area contributed by atoms with E-state index < -0.39 is 47.7 Å². The van der Waals surface area contributed by atoms with E-state index in [1.54, 1.807) is 17.8 Å². The minimum Gasteiger partial charge on any atom is -0.463 e. The Morgan fingerprint density at radius 3 is 2.38 bits per heavy atom. The first-order chi connectivity index (χ1) is 19.1. The molecular formula is C24H21Cl2N5O7S2. The van der Waals surface area contributed by atoms with Gasteiger partial charge in [0.1, 0.15) is 41.0 Å². The smallest absolute Gasteiger partial charge is 0.303 e. The molecule has 40 heavy (non-hydrogen) atoms. The fourth-order valence-corrected chi connectivity index (χ4v) is 6.48. The van der Waals surface area contributed by atoms with E-state index in [2.05, 4.69) is 15.3 Å². The van der Waals surface area contributed by atoms with Gasteiger partial charge in [-0.25, -0.2) is 9.67 Å². The summed E-state index contributed by atoms with van der Waals surface area (Å²) < 4.78 is 24.3. The molecular weight excluding hydrogens is 605 g/mol. The first-order valence-electron chi connectivity index (χ1n) is 11.6. The number of hydrogen-bond acceptors (Lipinski definition) is 13. The van der Waals surface area contributed by atoms with Gasteiger partial charge in [0.2, 0.25) is 0 Å². The van der Waals surface area contributed by atoms with Crippen LogP contribution in [-0.4, -0.2) is 68.2 Å². The molecule has 1 saturated heterocycles. The zero-order chi connectivity index (χ0) is 29.0. The van der Waals surface area contributed by atoms with Crippen LogP contribution >= 0.6 is 46.3 Å². The molecule has 4 rings (SSSR count). The minimum atomic E-state index is -1.11. The van der Waals surface area contributed by atoms with Crippen LogP contribution in [0.15, 0.2) is 34.8 Å². The minimum absolute atomic E-state index is 0.103. The molecule has 1 aliphatic heterocycles. The molecule has 0 aliphatic carbocycles. The molecule has 1 fully saturated rings. The quantitative estimate of drug-likeness (QED) is 0.261. The molecule has 5 unspecified atom stereocenters. The predicted molar refractivity (Wildman–Crippen MR) is 144 cm³/mol. The van der Waals surface area contributed by atoms with E-state index in [1.807, 2.05) is 6.07 Å². The monoisotopic (exact) mass is 625 g/mol. The van der Waals surface area contributed by atoms with Crippen molar-refractivity contribution in [3.05, 3.63) is 45.5 Å². The second kappa shape index (κ2) is 13.0. The Bertz CT molecular complexity index is 1420. The van der Waals surface area contributed by atoms with Crippen molar-refractivity contribution in [3.8, 4) is 16.8 Å². The summed E-state index contributed by atoms with van der Waals surface area (Å²) in [5.41, 5.74) is -0.420. The Hall–Kier alpha value is -3.22. The molecule has 1 aliphatic rings. The number of ether oxygens (including phenoxy) is 4. The Labute approximate surface area is 246 Å². The van der Waals surface area contributed by atoms with Gasteiger partial charge in [-0.1, -0.05) is 40.2 Å². The normalized spacial score (nSPS) is 22.2. The fraction of sp³-hybridized carbons (Fsp3) is 0.375. The van der Waals surface area contributed by atoms with E-state index in [9.17, 15) is 19.6 Å². The van der Waals surface area contributed by atoms with E-state index >= 15 is 0 Å². The lowest BCUT2D eigenvalue weighted by Crippen LogP contribution is -2.57. The van der Waals surface area contributed by atoms with Gasteiger partial charge in [0.15, 0.2) is 12.2 Å². The van der Waals surface area contributed by atoms with Crippen LogP contribution in [0, 0.1) is 11.3 Å². The van der Waals surface area contributed by atoms with Crippen molar-refractivity contribution in [3.63, 3.8) is 0 Å². The number of thiazole rings is 1. The third-order valence-electron chi connectivity index (χ3n) is 5.52. The number of esters is 3. The van der Waals surface area contributed by atoms with Crippen LogP contribution in [0.2, 0.25) is 10.0 Å². The maximum Gasteiger partial charge on any atom is 0.303 e. The van der Waals surface area contributed by atoms with Crippen molar-refractivity contribution in [1.29, 1.82) is 5.26 Å². The van der Waals surface area contributed by atoms with Crippen molar-refractivity contribution >= 4 is 64.2 Å². The zero-order valence-electron chi connectivity index (χ0n) is 21.1. The lowest BCUT2D eigenvalue weighted by molar-refractivity contribution is -0.212. The molecule has 0 bridgehead atoms. The van der Waals surface area contributed by atoms with Crippen molar-refractivity contribution in [2.45, 2.75) is 55.5 Å². The molecule has 2 aromatic heterocycles. The number of thioether (sulfide) groups is 1. The second-order valence-corrected chi connectivity index (χ2v) is 11.3. The number of nitriles is 1. The molecule has 0 radical (unpaired) electrons. The average molecular weight is 627 g/mol. The first kappa shape index (κ1) is 29.8. The molecule has 0 N–H and O–H groups in total. The van der Waals surface area contributed by atoms with Gasteiger partial charge in [0.25, 0.3) is 0 Å². The number of benzene rings is 1. The molecule has 0 saturated carbocycles. The predicted octanol–water partition coefficient (Wildman–Crippen LogP) is 4.06.